The van der Waals surface area contributed by atoms with Gasteiger partial charge in [0.05, 0.1) is 35.1 Å². The smallest absolute Gasteiger partial charge is 0.314 e. The van der Waals surface area contributed by atoms with E-state index in [-0.39, 0.29) is 37.5 Å². The highest BCUT2D eigenvalue weighted by molar-refractivity contribution is 5.86. The zero-order valence-electron chi connectivity index (χ0n) is 42.5. The molecule has 2 aromatic heterocycles. The van der Waals surface area contributed by atoms with Crippen LogP contribution in [-0.2, 0) is 58.9 Å². The maximum Gasteiger partial charge on any atom is 0.314 e. The fraction of sp³-hybridized carbons (Fsp3) is 0.258. The fourth-order valence-electron chi connectivity index (χ4n) is 9.08. The van der Waals surface area contributed by atoms with Crippen molar-refractivity contribution < 1.29 is 47.9 Å². The van der Waals surface area contributed by atoms with Gasteiger partial charge >= 0.3 is 23.9 Å². The number of aliphatic carboxylic acids is 2. The number of aromatic nitrogens is 2. The summed E-state index contributed by atoms with van der Waals surface area (Å²) in [6, 6.07) is 48.6. The predicted molar refractivity (Wildman–Crippen MR) is 282 cm³/mol. The molecule has 0 spiro atoms. The molecular weight excluding hydrogens is 932 g/mol. The second-order valence-electron chi connectivity index (χ2n) is 18.8. The lowest BCUT2D eigenvalue weighted by Crippen LogP contribution is -2.19. The molecule has 2 saturated carbocycles. The van der Waals surface area contributed by atoms with Crippen LogP contribution in [0.1, 0.15) is 103 Å². The molecule has 1 atom stereocenters. The van der Waals surface area contributed by atoms with Crippen LogP contribution in [0.2, 0.25) is 0 Å². The first kappa shape index (κ1) is 52.0. The standard InChI is InChI=1S/2C30H27NO5.C2H6/c1-19-4-3-5-21(16-19)18-35-27(32)17-26-20(2)31-36-28(26)24-8-6-22(7-9-24)23-10-12-25(13-11-23)30(14-15-30)29(33)34;1-19-26(18-27(32)35-20(2)21-6-4-3-5-7-21)28(36-31-19)24-10-8-22(9-11-24)23-12-14-25(15-13-23)30(16-17-30)29(33)34;1-2/h3-13,16H,14-15,17-18H2,1-2H3,(H,33,34);3-15,20H,16-18H2,1-2H3,(H,33,34);1-2H3/t;20-;/m.1./s1/i;27-1;. The molecule has 2 aliphatic rings. The number of rotatable bonds is 16. The number of hydrogen-bond donors (Lipinski definition) is 2. The number of ether oxygens (including phenoxy) is 2. The number of carboxylic acid groups (broad SMARTS) is 2. The molecule has 0 bridgehead atoms. The van der Waals surface area contributed by atoms with Gasteiger partial charge in [-0.2, -0.15) is 0 Å². The molecule has 12 nitrogen and oxygen atoms in total. The third-order valence-electron chi connectivity index (χ3n) is 13.8. The first-order valence-corrected chi connectivity index (χ1v) is 25.0. The molecule has 2 fully saturated rings. The van der Waals surface area contributed by atoms with Gasteiger partial charge in [0.2, 0.25) is 0 Å². The van der Waals surface area contributed by atoms with Crippen molar-refractivity contribution in [2.24, 2.45) is 0 Å². The molecule has 74 heavy (non-hydrogen) atoms. The number of carbonyl (C=O) groups excluding carboxylic acids is 2. The van der Waals surface area contributed by atoms with E-state index in [0.717, 1.165) is 61.2 Å². The van der Waals surface area contributed by atoms with Crippen LogP contribution in [0.4, 0.5) is 0 Å². The van der Waals surface area contributed by atoms with E-state index < -0.39 is 22.8 Å². The first-order valence-electron chi connectivity index (χ1n) is 25.0. The van der Waals surface area contributed by atoms with Crippen molar-refractivity contribution in [2.75, 3.05) is 0 Å². The van der Waals surface area contributed by atoms with Crippen LogP contribution in [0.5, 0.6) is 0 Å². The Balaban J connectivity index is 0.000000191. The largest absolute Gasteiger partial charge is 0.481 e. The minimum Gasteiger partial charge on any atom is -0.481 e. The molecular formula is C62H60N2O10. The van der Waals surface area contributed by atoms with E-state index in [0.29, 0.717) is 59.7 Å². The van der Waals surface area contributed by atoms with Gasteiger partial charge in [0.15, 0.2) is 11.5 Å². The normalized spacial score (nSPS) is 14.0. The number of carboxylic acids is 2. The van der Waals surface area contributed by atoms with Gasteiger partial charge in [0, 0.05) is 22.3 Å². The molecule has 0 saturated heterocycles. The van der Waals surface area contributed by atoms with Crippen molar-refractivity contribution in [3.05, 3.63) is 202 Å². The lowest BCUT2D eigenvalue weighted by atomic mass is 9.90. The van der Waals surface area contributed by atoms with Gasteiger partial charge in [-0.1, -0.05) is 181 Å². The molecule has 378 valence electrons. The van der Waals surface area contributed by atoms with Crippen molar-refractivity contribution in [1.29, 1.82) is 0 Å². The van der Waals surface area contributed by atoms with Gasteiger partial charge < -0.3 is 28.7 Å². The lowest BCUT2D eigenvalue weighted by Gasteiger charge is -2.13. The van der Waals surface area contributed by atoms with Gasteiger partial charge in [0.1, 0.15) is 12.7 Å². The zero-order chi connectivity index (χ0) is 52.6. The van der Waals surface area contributed by atoms with E-state index in [9.17, 15) is 29.4 Å². The molecule has 0 amide bonds. The van der Waals surface area contributed by atoms with Crippen molar-refractivity contribution in [1.82, 2.24) is 10.3 Å². The zero-order valence-corrected chi connectivity index (χ0v) is 42.5. The van der Waals surface area contributed by atoms with E-state index in [4.69, 9.17) is 18.5 Å². The summed E-state index contributed by atoms with van der Waals surface area (Å²) < 4.78 is 22.3. The summed E-state index contributed by atoms with van der Waals surface area (Å²) in [6.45, 7) is 11.7. The topological polar surface area (TPSA) is 179 Å². The van der Waals surface area contributed by atoms with Crippen molar-refractivity contribution in [3.8, 4) is 44.9 Å². The molecule has 0 unspecified atom stereocenters. The minimum atomic E-state index is -0.754. The molecule has 2 N–H and O–H groups in total. The Morgan fingerprint density at radius 1 is 0.541 bits per heavy atom. The van der Waals surface area contributed by atoms with Crippen LogP contribution in [0.15, 0.2) is 161 Å². The molecule has 6 aromatic carbocycles. The summed E-state index contributed by atoms with van der Waals surface area (Å²) in [7, 11) is 0. The molecule has 10 rings (SSSR count). The summed E-state index contributed by atoms with van der Waals surface area (Å²) in [6.07, 6.45) is 2.55. The van der Waals surface area contributed by atoms with Gasteiger partial charge in [0.25, 0.3) is 0 Å². The Bertz CT molecular complexity index is 3240. The SMILES string of the molecule is CC.Cc1cccc(COC(=O)Cc2c(C)noc2-c2ccc(-c3ccc(C4(C(=O)O)CC4)cc3)cc2)c1.Cc1noc(-c2ccc(-c3ccc(C4(C(=O)O)CC4)cc3)cc2)c1C[11C](=O)O[C@H](C)c1ccccc1. The van der Waals surface area contributed by atoms with E-state index in [1.165, 1.54) is 0 Å². The Labute approximate surface area is 431 Å². The summed E-state index contributed by atoms with van der Waals surface area (Å²) in [5.74, 6) is -1.08. The van der Waals surface area contributed by atoms with E-state index in [1.54, 1.807) is 0 Å². The molecule has 8 aromatic rings. The summed E-state index contributed by atoms with van der Waals surface area (Å²) in [4.78, 5) is 48.4. The predicted octanol–water partition coefficient (Wildman–Crippen LogP) is 13.3. The second-order valence-corrected chi connectivity index (χ2v) is 18.8. The van der Waals surface area contributed by atoms with Crippen LogP contribution in [0.3, 0.4) is 0 Å². The van der Waals surface area contributed by atoms with Gasteiger partial charge in [-0.05, 0) is 97.9 Å². The Hall–Kier alpha value is -8.38. The fourth-order valence-corrected chi connectivity index (χ4v) is 9.08. The molecule has 12 heteroatoms. The van der Waals surface area contributed by atoms with Gasteiger partial charge in [-0.3, -0.25) is 19.2 Å². The van der Waals surface area contributed by atoms with Crippen LogP contribution < -0.4 is 0 Å². The molecule has 0 aliphatic heterocycles. The second kappa shape index (κ2) is 22.6. The number of esters is 2. The maximum atomic E-state index is 12.7. The van der Waals surface area contributed by atoms with Crippen molar-refractivity contribution in [2.45, 2.75) is 104 Å². The highest BCUT2D eigenvalue weighted by Crippen LogP contribution is 2.49. The first-order chi connectivity index (χ1) is 35.7. The Kier molecular flexibility index (Phi) is 15.9. The molecule has 0 radical (unpaired) electrons. The van der Waals surface area contributed by atoms with Gasteiger partial charge in [-0.25, -0.2) is 0 Å². The van der Waals surface area contributed by atoms with E-state index >= 15 is 0 Å². The monoisotopic (exact) mass is 991 g/mol. The summed E-state index contributed by atoms with van der Waals surface area (Å²) in [5.41, 5.74) is 11.7. The van der Waals surface area contributed by atoms with Crippen molar-refractivity contribution in [3.63, 3.8) is 0 Å². The average molecular weight is 992 g/mol. The number of benzene rings is 6. The highest BCUT2D eigenvalue weighted by Gasteiger charge is 2.52. The highest BCUT2D eigenvalue weighted by atomic mass is 16.5. The number of hydrogen-bond acceptors (Lipinski definition) is 10. The average Bonchev–Trinajstić information content (AvgIpc) is 4.35. The summed E-state index contributed by atoms with van der Waals surface area (Å²) >= 11 is 0. The Morgan fingerprint density at radius 2 is 0.946 bits per heavy atom. The Morgan fingerprint density at radius 3 is 1.35 bits per heavy atom. The number of nitrogens with zero attached hydrogens (tertiary/aromatic N) is 2. The van der Waals surface area contributed by atoms with Gasteiger partial charge in [-0.15, -0.1) is 0 Å². The third-order valence-corrected chi connectivity index (χ3v) is 13.8. The van der Waals surface area contributed by atoms with Crippen molar-refractivity contribution >= 4 is 23.9 Å². The van der Waals surface area contributed by atoms with Crippen LogP contribution in [0, 0.1) is 20.8 Å². The van der Waals surface area contributed by atoms with E-state index in [2.05, 4.69) is 10.3 Å². The number of carbonyl (C=O) groups is 4. The molecule has 2 aliphatic carbocycles. The lowest BCUT2D eigenvalue weighted by molar-refractivity contribution is -0.148. The van der Waals surface area contributed by atoms with Crippen LogP contribution >= 0.6 is 0 Å². The molecule has 2 heterocycles. The van der Waals surface area contributed by atoms with Crippen LogP contribution in [-0.4, -0.2) is 44.4 Å². The number of aryl methyl sites for hydroxylation is 3. The summed E-state index contributed by atoms with van der Waals surface area (Å²) in [5, 5.41) is 27.2. The van der Waals surface area contributed by atoms with Crippen LogP contribution in [0.25, 0.3) is 44.9 Å². The van der Waals surface area contributed by atoms with E-state index in [1.807, 2.05) is 193 Å². The third kappa shape index (κ3) is 11.6. The minimum absolute atomic E-state index is 0.0659. The maximum absolute atomic E-state index is 12.7. The quantitative estimate of drug-likeness (QED) is 0.0876.